The lowest BCUT2D eigenvalue weighted by molar-refractivity contribution is -0.421. The Morgan fingerprint density at radius 1 is 0.471 bits per heavy atom. The maximum absolute atomic E-state index is 12.2. The molecule has 0 saturated heterocycles. The Morgan fingerprint density at radius 2 is 0.765 bits per heavy atom. The summed E-state index contributed by atoms with van der Waals surface area (Å²) < 4.78 is 130. The van der Waals surface area contributed by atoms with Crippen molar-refractivity contribution < 1.29 is 48.3 Å². The van der Waals surface area contributed by atoms with Crippen molar-refractivity contribution in [2.24, 2.45) is 5.73 Å². The molecule has 2 N–H and O–H groups in total. The van der Waals surface area contributed by atoms with Crippen LogP contribution in [0.25, 0.3) is 0 Å². The number of alkyl halides is 11. The molecule has 0 bridgehead atoms. The summed E-state index contributed by atoms with van der Waals surface area (Å²) in [5, 5.41) is 0. The van der Waals surface area contributed by atoms with E-state index in [9.17, 15) is 48.3 Å². The topological polar surface area (TPSA) is 26.0 Å². The van der Waals surface area contributed by atoms with E-state index in [1.54, 1.807) is 0 Å². The monoisotopic (exact) mass is 285 g/mol. The molecule has 0 aromatic carbocycles. The van der Waals surface area contributed by atoms with Gasteiger partial charge in [-0.1, -0.05) is 0 Å². The molecule has 0 aromatic rings. The summed E-state index contributed by atoms with van der Waals surface area (Å²) in [6.07, 6.45) is -7.15. The van der Waals surface area contributed by atoms with Crippen molar-refractivity contribution in [2.75, 3.05) is 0 Å². The summed E-state index contributed by atoms with van der Waals surface area (Å²) in [4.78, 5) is 0. The first-order valence-corrected chi connectivity index (χ1v) is 3.37. The second-order valence-electron chi connectivity index (χ2n) is 2.84. The molecule has 12 heteroatoms. The molecule has 0 fully saturated rings. The van der Waals surface area contributed by atoms with Crippen LogP contribution in [0.2, 0.25) is 0 Å². The van der Waals surface area contributed by atoms with Crippen molar-refractivity contribution in [3.8, 4) is 0 Å². The van der Waals surface area contributed by atoms with Gasteiger partial charge in [-0.05, 0) is 0 Å². The van der Waals surface area contributed by atoms with Crippen LogP contribution in [0.1, 0.15) is 0 Å². The molecule has 0 aliphatic rings. The fourth-order valence-corrected chi connectivity index (χ4v) is 0.584. The minimum atomic E-state index is -7.41. The van der Waals surface area contributed by atoms with Crippen LogP contribution in [-0.4, -0.2) is 30.0 Å². The number of halogens is 11. The van der Waals surface area contributed by atoms with E-state index >= 15 is 0 Å². The van der Waals surface area contributed by atoms with Crippen LogP contribution in [-0.2, 0) is 0 Å². The Balaban J connectivity index is 5.73. The SMILES string of the molecule is NC(F)(F)C(F)(F)C(F)(F)C(F)(F)C(F)(F)F. The first-order valence-electron chi connectivity index (χ1n) is 3.37. The molecule has 0 amide bonds. The van der Waals surface area contributed by atoms with Crippen LogP contribution in [0.15, 0.2) is 0 Å². The molecule has 17 heavy (non-hydrogen) atoms. The number of hydrogen-bond donors (Lipinski definition) is 1. The summed E-state index contributed by atoms with van der Waals surface area (Å²) in [6.45, 7) is 0. The van der Waals surface area contributed by atoms with E-state index in [4.69, 9.17) is 0 Å². The van der Waals surface area contributed by atoms with Gasteiger partial charge in [0.25, 0.3) is 0 Å². The van der Waals surface area contributed by atoms with Crippen LogP contribution < -0.4 is 5.73 Å². The van der Waals surface area contributed by atoms with Gasteiger partial charge < -0.3 is 0 Å². The average Bonchev–Trinajstić information content (AvgIpc) is 1.98. The fraction of sp³-hybridized carbons (Fsp3) is 1.00. The molecular formula is C5H2F11N. The van der Waals surface area contributed by atoms with E-state index in [1.165, 1.54) is 0 Å². The second-order valence-corrected chi connectivity index (χ2v) is 2.84. The Hall–Kier alpha value is -0.810. The van der Waals surface area contributed by atoms with Gasteiger partial charge in [0.1, 0.15) is 0 Å². The van der Waals surface area contributed by atoms with Gasteiger partial charge in [-0.15, -0.1) is 0 Å². The lowest BCUT2D eigenvalue weighted by Crippen LogP contribution is -2.68. The van der Waals surface area contributed by atoms with Gasteiger partial charge >= 0.3 is 30.0 Å². The van der Waals surface area contributed by atoms with Gasteiger partial charge in [0.15, 0.2) is 0 Å². The average molecular weight is 285 g/mol. The first-order chi connectivity index (χ1) is 7.00. The zero-order chi connectivity index (χ0) is 14.5. The van der Waals surface area contributed by atoms with Crippen LogP contribution in [0.3, 0.4) is 0 Å². The number of nitrogens with two attached hydrogens (primary N) is 1. The van der Waals surface area contributed by atoms with Crippen molar-refractivity contribution in [3.63, 3.8) is 0 Å². The molecule has 0 spiro atoms. The van der Waals surface area contributed by atoms with Crippen LogP contribution in [0.5, 0.6) is 0 Å². The fourth-order valence-electron chi connectivity index (χ4n) is 0.584. The standard InChI is InChI=1S/C5H2F11N/c6-1(7,2(8,9)4(12,13)14)3(10,11)5(15,16)17/h17H2. The molecule has 0 unspecified atom stereocenters. The van der Waals surface area contributed by atoms with Crippen molar-refractivity contribution >= 4 is 0 Å². The maximum atomic E-state index is 12.2. The molecule has 0 atom stereocenters. The van der Waals surface area contributed by atoms with Crippen molar-refractivity contribution in [3.05, 3.63) is 0 Å². The molecule has 0 rings (SSSR count). The van der Waals surface area contributed by atoms with Gasteiger partial charge in [-0.3, -0.25) is 5.73 Å². The molecule has 0 aromatic heterocycles. The molecular weight excluding hydrogens is 283 g/mol. The normalized spacial score (nSPS) is 16.2. The lowest BCUT2D eigenvalue weighted by atomic mass is 10.0. The zero-order valence-electron chi connectivity index (χ0n) is 7.23. The van der Waals surface area contributed by atoms with Gasteiger partial charge in [-0.25, -0.2) is 0 Å². The van der Waals surface area contributed by atoms with Crippen LogP contribution in [0.4, 0.5) is 48.3 Å². The summed E-state index contributed by atoms with van der Waals surface area (Å²) in [5.41, 5.74) is 3.18. The van der Waals surface area contributed by atoms with Gasteiger partial charge in [-0.2, -0.15) is 48.3 Å². The minimum absolute atomic E-state index is 3.18. The third-order valence-corrected chi connectivity index (χ3v) is 1.56. The van der Waals surface area contributed by atoms with E-state index < -0.39 is 30.0 Å². The van der Waals surface area contributed by atoms with Gasteiger partial charge in [0, 0.05) is 0 Å². The Morgan fingerprint density at radius 3 is 0.941 bits per heavy atom. The van der Waals surface area contributed by atoms with E-state index in [0.29, 0.717) is 0 Å². The summed E-state index contributed by atoms with van der Waals surface area (Å²) in [5.74, 6) is -21.9. The Kier molecular flexibility index (Phi) is 3.42. The number of hydrogen-bond acceptors (Lipinski definition) is 1. The van der Waals surface area contributed by atoms with E-state index in [2.05, 4.69) is 5.73 Å². The Bertz CT molecular complexity index is 255. The molecule has 104 valence electrons. The molecule has 0 aliphatic heterocycles. The lowest BCUT2D eigenvalue weighted by Gasteiger charge is -2.35. The molecule has 1 nitrogen and oxygen atoms in total. The predicted octanol–water partition coefficient (Wildman–Crippen LogP) is 3.01. The third-order valence-electron chi connectivity index (χ3n) is 1.56. The summed E-state index contributed by atoms with van der Waals surface area (Å²) in [7, 11) is 0. The van der Waals surface area contributed by atoms with Crippen molar-refractivity contribution in [1.82, 2.24) is 0 Å². The third kappa shape index (κ3) is 2.13. The quantitative estimate of drug-likeness (QED) is 0.626. The molecule has 0 saturated carbocycles. The second kappa shape index (κ2) is 3.59. The maximum Gasteiger partial charge on any atom is 0.460 e. The zero-order valence-corrected chi connectivity index (χ0v) is 7.23. The van der Waals surface area contributed by atoms with Crippen molar-refractivity contribution in [1.29, 1.82) is 0 Å². The Labute approximate surface area is 85.4 Å². The highest BCUT2D eigenvalue weighted by Crippen LogP contribution is 2.56. The number of rotatable bonds is 3. The highest BCUT2D eigenvalue weighted by atomic mass is 19.4. The molecule has 0 radical (unpaired) electrons. The van der Waals surface area contributed by atoms with Gasteiger partial charge in [0.05, 0.1) is 0 Å². The molecule has 0 heterocycles. The first kappa shape index (κ1) is 16.2. The largest absolute Gasteiger partial charge is 0.460 e. The van der Waals surface area contributed by atoms with Crippen molar-refractivity contribution in [2.45, 2.75) is 30.0 Å². The van der Waals surface area contributed by atoms with Crippen LogP contribution in [0, 0.1) is 0 Å². The minimum Gasteiger partial charge on any atom is -0.267 e. The highest BCUT2D eigenvalue weighted by Gasteiger charge is 2.86. The summed E-state index contributed by atoms with van der Waals surface area (Å²) in [6, 6.07) is -6.26. The summed E-state index contributed by atoms with van der Waals surface area (Å²) >= 11 is 0. The highest BCUT2D eigenvalue weighted by molar-refractivity contribution is 5.04. The van der Waals surface area contributed by atoms with E-state index in [0.717, 1.165) is 0 Å². The predicted molar refractivity (Wildman–Crippen MR) is 30.0 cm³/mol. The van der Waals surface area contributed by atoms with E-state index in [1.807, 2.05) is 0 Å². The molecule has 0 aliphatic carbocycles. The smallest absolute Gasteiger partial charge is 0.267 e. The van der Waals surface area contributed by atoms with E-state index in [-0.39, 0.29) is 0 Å². The van der Waals surface area contributed by atoms with Gasteiger partial charge in [0.2, 0.25) is 0 Å². The van der Waals surface area contributed by atoms with Crippen LogP contribution >= 0.6 is 0 Å².